The molecule has 0 spiro atoms. The summed E-state index contributed by atoms with van der Waals surface area (Å²) >= 11 is 6.08. The van der Waals surface area contributed by atoms with E-state index in [1.54, 1.807) is 18.2 Å². The molecular formula is C15H20ClNO5. The summed E-state index contributed by atoms with van der Waals surface area (Å²) in [6.07, 6.45) is 0.0207. The number of rotatable bonds is 9. The third-order valence-electron chi connectivity index (χ3n) is 2.92. The molecule has 122 valence electrons. The quantitative estimate of drug-likeness (QED) is 0.748. The first kappa shape index (κ1) is 18.3. The molecule has 6 nitrogen and oxygen atoms in total. The predicted molar refractivity (Wildman–Crippen MR) is 82.4 cm³/mol. The number of ether oxygens (including phenoxy) is 2. The van der Waals surface area contributed by atoms with Gasteiger partial charge in [-0.3, -0.25) is 9.59 Å². The molecule has 7 heteroatoms. The van der Waals surface area contributed by atoms with E-state index >= 15 is 0 Å². The average molecular weight is 330 g/mol. The molecule has 0 bridgehead atoms. The molecule has 0 saturated carbocycles. The van der Waals surface area contributed by atoms with Crippen LogP contribution in [0.15, 0.2) is 18.2 Å². The summed E-state index contributed by atoms with van der Waals surface area (Å²) in [5.41, 5.74) is 0.632. The number of carboxylic acids is 1. The van der Waals surface area contributed by atoms with Gasteiger partial charge in [0, 0.05) is 19.2 Å². The van der Waals surface area contributed by atoms with Gasteiger partial charge < -0.3 is 19.5 Å². The minimum Gasteiger partial charge on any atom is -0.492 e. The van der Waals surface area contributed by atoms with E-state index in [9.17, 15) is 9.59 Å². The molecule has 22 heavy (non-hydrogen) atoms. The minimum absolute atomic E-state index is 0.0207. The summed E-state index contributed by atoms with van der Waals surface area (Å²) in [5.74, 6) is -0.926. The number of para-hydroxylation sites is 1. The highest BCUT2D eigenvalue weighted by Crippen LogP contribution is 2.29. The smallest absolute Gasteiger partial charge is 0.323 e. The van der Waals surface area contributed by atoms with E-state index in [1.165, 1.54) is 12.0 Å². The van der Waals surface area contributed by atoms with Crippen LogP contribution in [0.1, 0.15) is 12.5 Å². The second-order valence-electron chi connectivity index (χ2n) is 4.54. The van der Waals surface area contributed by atoms with Crippen LogP contribution in [0.25, 0.3) is 0 Å². The lowest BCUT2D eigenvalue weighted by Gasteiger charge is -2.21. The van der Waals surface area contributed by atoms with Crippen molar-refractivity contribution in [1.29, 1.82) is 0 Å². The zero-order chi connectivity index (χ0) is 16.5. The number of halogens is 1. The summed E-state index contributed by atoms with van der Waals surface area (Å²) in [6.45, 7) is 2.36. The average Bonchev–Trinajstić information content (AvgIpc) is 2.46. The molecule has 1 N–H and O–H groups in total. The summed E-state index contributed by atoms with van der Waals surface area (Å²) in [7, 11) is 1.49. The number of hydrogen-bond acceptors (Lipinski definition) is 4. The second kappa shape index (κ2) is 9.27. The molecule has 0 radical (unpaired) electrons. The Morgan fingerprint density at radius 1 is 1.36 bits per heavy atom. The van der Waals surface area contributed by atoms with Gasteiger partial charge in [-0.25, -0.2) is 0 Å². The number of methoxy groups -OCH3 is 1. The van der Waals surface area contributed by atoms with Gasteiger partial charge >= 0.3 is 5.97 Å². The maximum atomic E-state index is 12.3. The van der Waals surface area contributed by atoms with E-state index in [0.29, 0.717) is 22.9 Å². The number of carbonyl (C=O) groups is 2. The predicted octanol–water partition coefficient (Wildman–Crippen LogP) is 1.84. The monoisotopic (exact) mass is 329 g/mol. The lowest BCUT2D eigenvalue weighted by atomic mass is 10.1. The van der Waals surface area contributed by atoms with E-state index in [-0.39, 0.29) is 32.0 Å². The van der Waals surface area contributed by atoms with Crippen LogP contribution in [0, 0.1) is 0 Å². The van der Waals surface area contributed by atoms with Gasteiger partial charge in [0.2, 0.25) is 5.91 Å². The maximum absolute atomic E-state index is 12.3. The number of carboxylic acid groups (broad SMARTS) is 1. The van der Waals surface area contributed by atoms with Crippen LogP contribution in [0.2, 0.25) is 5.02 Å². The molecule has 1 amide bonds. The Morgan fingerprint density at radius 2 is 2.09 bits per heavy atom. The molecule has 0 aliphatic carbocycles. The van der Waals surface area contributed by atoms with Crippen LogP contribution in [-0.2, 0) is 20.7 Å². The Balaban J connectivity index is 2.88. The molecule has 0 heterocycles. The summed E-state index contributed by atoms with van der Waals surface area (Å²) < 4.78 is 10.4. The number of aliphatic carboxylic acids is 1. The SMILES string of the molecule is CCOc1c(Cl)cccc1CC(=O)N(CCOC)CC(=O)O. The van der Waals surface area contributed by atoms with Gasteiger partial charge in [0.1, 0.15) is 12.3 Å². The first-order valence-corrected chi connectivity index (χ1v) is 7.26. The molecule has 0 aliphatic rings. The molecule has 0 aromatic heterocycles. The van der Waals surface area contributed by atoms with Crippen LogP contribution in [0.3, 0.4) is 0 Å². The van der Waals surface area contributed by atoms with Gasteiger partial charge in [-0.1, -0.05) is 23.7 Å². The van der Waals surface area contributed by atoms with Gasteiger partial charge in [-0.15, -0.1) is 0 Å². The molecule has 1 aromatic carbocycles. The van der Waals surface area contributed by atoms with Crippen molar-refractivity contribution in [1.82, 2.24) is 4.90 Å². The number of nitrogens with zero attached hydrogens (tertiary/aromatic N) is 1. The van der Waals surface area contributed by atoms with Crippen molar-refractivity contribution in [2.75, 3.05) is 33.4 Å². The number of benzene rings is 1. The molecule has 1 aromatic rings. The third-order valence-corrected chi connectivity index (χ3v) is 3.22. The van der Waals surface area contributed by atoms with Crippen LogP contribution in [0.5, 0.6) is 5.75 Å². The fraction of sp³-hybridized carbons (Fsp3) is 0.467. The maximum Gasteiger partial charge on any atom is 0.323 e. The lowest BCUT2D eigenvalue weighted by molar-refractivity contribution is -0.144. The van der Waals surface area contributed by atoms with Crippen molar-refractivity contribution < 1.29 is 24.2 Å². The minimum atomic E-state index is -1.07. The van der Waals surface area contributed by atoms with Crippen molar-refractivity contribution >= 4 is 23.5 Å². The highest BCUT2D eigenvalue weighted by atomic mass is 35.5. The summed E-state index contributed by atoms with van der Waals surface area (Å²) in [5, 5.41) is 9.33. The Morgan fingerprint density at radius 3 is 2.68 bits per heavy atom. The first-order valence-electron chi connectivity index (χ1n) is 6.88. The van der Waals surface area contributed by atoms with E-state index in [1.807, 2.05) is 6.92 Å². The number of hydrogen-bond donors (Lipinski definition) is 1. The van der Waals surface area contributed by atoms with Gasteiger partial charge in [0.25, 0.3) is 0 Å². The molecule has 0 saturated heterocycles. The Bertz CT molecular complexity index is 521. The first-order chi connectivity index (χ1) is 10.5. The Labute approximate surface area is 134 Å². The second-order valence-corrected chi connectivity index (χ2v) is 4.95. The lowest BCUT2D eigenvalue weighted by Crippen LogP contribution is -2.39. The molecule has 0 unspecified atom stereocenters. The van der Waals surface area contributed by atoms with Gasteiger partial charge in [-0.2, -0.15) is 0 Å². The zero-order valence-corrected chi connectivity index (χ0v) is 13.4. The third kappa shape index (κ3) is 5.54. The van der Waals surface area contributed by atoms with Crippen LogP contribution >= 0.6 is 11.6 Å². The zero-order valence-electron chi connectivity index (χ0n) is 12.7. The summed E-state index contributed by atoms with van der Waals surface area (Å²) in [4.78, 5) is 24.4. The van der Waals surface area contributed by atoms with Gasteiger partial charge in [-0.05, 0) is 13.0 Å². The van der Waals surface area contributed by atoms with Crippen molar-refractivity contribution in [3.63, 3.8) is 0 Å². The van der Waals surface area contributed by atoms with Crippen molar-refractivity contribution in [3.8, 4) is 5.75 Å². The topological polar surface area (TPSA) is 76.1 Å². The fourth-order valence-corrected chi connectivity index (χ4v) is 2.18. The fourth-order valence-electron chi connectivity index (χ4n) is 1.93. The largest absolute Gasteiger partial charge is 0.492 e. The molecular weight excluding hydrogens is 310 g/mol. The van der Waals surface area contributed by atoms with E-state index in [4.69, 9.17) is 26.2 Å². The Hall–Kier alpha value is -1.79. The highest BCUT2D eigenvalue weighted by molar-refractivity contribution is 6.32. The summed E-state index contributed by atoms with van der Waals surface area (Å²) in [6, 6.07) is 5.15. The van der Waals surface area contributed by atoms with Crippen LogP contribution in [-0.4, -0.2) is 55.3 Å². The van der Waals surface area contributed by atoms with E-state index < -0.39 is 5.97 Å². The van der Waals surface area contributed by atoms with Gasteiger partial charge in [0.05, 0.1) is 24.7 Å². The van der Waals surface area contributed by atoms with Crippen LogP contribution < -0.4 is 4.74 Å². The normalized spacial score (nSPS) is 10.3. The van der Waals surface area contributed by atoms with Gasteiger partial charge in [0.15, 0.2) is 0 Å². The van der Waals surface area contributed by atoms with E-state index in [2.05, 4.69) is 0 Å². The molecule has 1 rings (SSSR count). The standard InChI is InChI=1S/C15H20ClNO5/c1-3-22-15-11(5-4-6-12(15)16)9-13(18)17(7-8-21-2)10-14(19)20/h4-6H,3,7-10H2,1-2H3,(H,19,20). The van der Waals surface area contributed by atoms with Crippen molar-refractivity contribution in [2.24, 2.45) is 0 Å². The van der Waals surface area contributed by atoms with Crippen molar-refractivity contribution in [3.05, 3.63) is 28.8 Å². The number of amides is 1. The molecule has 0 fully saturated rings. The Kier molecular flexibility index (Phi) is 7.70. The van der Waals surface area contributed by atoms with E-state index in [0.717, 1.165) is 0 Å². The molecule has 0 aliphatic heterocycles. The van der Waals surface area contributed by atoms with Crippen LogP contribution in [0.4, 0.5) is 0 Å². The highest BCUT2D eigenvalue weighted by Gasteiger charge is 2.19. The molecule has 0 atom stereocenters. The number of carbonyl (C=O) groups excluding carboxylic acids is 1. The van der Waals surface area contributed by atoms with Crippen molar-refractivity contribution in [2.45, 2.75) is 13.3 Å².